The maximum atomic E-state index is 5.39. The highest BCUT2D eigenvalue weighted by molar-refractivity contribution is 7.98. The fraction of sp³-hybridized carbons (Fsp3) is 0.263. The van der Waals surface area contributed by atoms with E-state index in [-0.39, 0.29) is 0 Å². The number of benzene rings is 2. The SMILES string of the molecule is COc1ccc(-c2noc(CSc3cc(C)ccc3C)n2)cc1OC. The van der Waals surface area contributed by atoms with Gasteiger partial charge in [-0.25, -0.2) is 0 Å². The Morgan fingerprint density at radius 3 is 2.56 bits per heavy atom. The lowest BCUT2D eigenvalue weighted by Gasteiger charge is -2.07. The summed E-state index contributed by atoms with van der Waals surface area (Å²) >= 11 is 1.70. The number of hydrogen-bond donors (Lipinski definition) is 0. The summed E-state index contributed by atoms with van der Waals surface area (Å²) in [6.07, 6.45) is 0. The predicted molar refractivity (Wildman–Crippen MR) is 98.3 cm³/mol. The molecule has 6 heteroatoms. The maximum Gasteiger partial charge on any atom is 0.237 e. The van der Waals surface area contributed by atoms with Crippen LogP contribution >= 0.6 is 11.8 Å². The van der Waals surface area contributed by atoms with Gasteiger partial charge in [-0.15, -0.1) is 11.8 Å². The van der Waals surface area contributed by atoms with Gasteiger partial charge in [-0.3, -0.25) is 0 Å². The third-order valence-corrected chi connectivity index (χ3v) is 4.95. The van der Waals surface area contributed by atoms with Crippen molar-refractivity contribution in [3.63, 3.8) is 0 Å². The van der Waals surface area contributed by atoms with Crippen LogP contribution in [0.15, 0.2) is 45.8 Å². The lowest BCUT2D eigenvalue weighted by molar-refractivity contribution is 0.355. The molecule has 3 rings (SSSR count). The summed E-state index contributed by atoms with van der Waals surface area (Å²) in [7, 11) is 3.21. The third kappa shape index (κ3) is 3.96. The number of aryl methyl sites for hydroxylation is 2. The Kier molecular flexibility index (Phi) is 5.28. The standard InChI is InChI=1S/C19H20N2O3S/c1-12-5-6-13(2)17(9-12)25-11-18-20-19(21-24-18)14-7-8-15(22-3)16(10-14)23-4/h5-10H,11H2,1-4H3. The first-order valence-corrected chi connectivity index (χ1v) is 8.84. The van der Waals surface area contributed by atoms with Crippen LogP contribution in [0.25, 0.3) is 11.4 Å². The molecule has 0 aliphatic carbocycles. The summed E-state index contributed by atoms with van der Waals surface area (Å²) in [5.41, 5.74) is 3.31. The van der Waals surface area contributed by atoms with Crippen LogP contribution < -0.4 is 9.47 Å². The summed E-state index contributed by atoms with van der Waals surface area (Å²) in [5.74, 6) is 3.06. The quantitative estimate of drug-likeness (QED) is 0.599. The second kappa shape index (κ2) is 7.61. The normalized spacial score (nSPS) is 10.7. The van der Waals surface area contributed by atoms with E-state index >= 15 is 0 Å². The first-order valence-electron chi connectivity index (χ1n) is 7.85. The van der Waals surface area contributed by atoms with Crippen molar-refractivity contribution in [3.8, 4) is 22.9 Å². The molecule has 25 heavy (non-hydrogen) atoms. The number of aromatic nitrogens is 2. The van der Waals surface area contributed by atoms with Gasteiger partial charge < -0.3 is 14.0 Å². The lowest BCUT2D eigenvalue weighted by atomic mass is 10.2. The number of nitrogens with zero attached hydrogens (tertiary/aromatic N) is 2. The summed E-state index contributed by atoms with van der Waals surface area (Å²) < 4.78 is 16.0. The molecular formula is C19H20N2O3S. The first-order chi connectivity index (χ1) is 12.1. The molecule has 1 aromatic heterocycles. The van der Waals surface area contributed by atoms with E-state index < -0.39 is 0 Å². The summed E-state index contributed by atoms with van der Waals surface area (Å²) in [6, 6.07) is 12.0. The van der Waals surface area contributed by atoms with Crippen molar-refractivity contribution in [2.75, 3.05) is 14.2 Å². The molecule has 2 aromatic carbocycles. The Labute approximate surface area is 151 Å². The lowest BCUT2D eigenvalue weighted by Crippen LogP contribution is -1.91. The Hall–Kier alpha value is -2.47. The van der Waals surface area contributed by atoms with Crippen molar-refractivity contribution in [1.29, 1.82) is 0 Å². The van der Waals surface area contributed by atoms with Gasteiger partial charge in [-0.05, 0) is 43.7 Å². The zero-order valence-corrected chi connectivity index (χ0v) is 15.5. The highest BCUT2D eigenvalue weighted by Crippen LogP contribution is 2.32. The van der Waals surface area contributed by atoms with E-state index in [0.29, 0.717) is 29.0 Å². The molecule has 0 atom stereocenters. The topological polar surface area (TPSA) is 57.4 Å². The van der Waals surface area contributed by atoms with Crippen LogP contribution in [0.4, 0.5) is 0 Å². The van der Waals surface area contributed by atoms with E-state index in [1.165, 1.54) is 16.0 Å². The van der Waals surface area contributed by atoms with Gasteiger partial charge in [0, 0.05) is 10.5 Å². The zero-order valence-electron chi connectivity index (χ0n) is 14.7. The third-order valence-electron chi connectivity index (χ3n) is 3.80. The minimum Gasteiger partial charge on any atom is -0.493 e. The zero-order chi connectivity index (χ0) is 17.8. The molecule has 0 amide bonds. The smallest absolute Gasteiger partial charge is 0.237 e. The monoisotopic (exact) mass is 356 g/mol. The van der Waals surface area contributed by atoms with Crippen molar-refractivity contribution in [2.45, 2.75) is 24.5 Å². The minimum absolute atomic E-state index is 0.539. The van der Waals surface area contributed by atoms with Gasteiger partial charge in [-0.2, -0.15) is 4.98 Å². The van der Waals surface area contributed by atoms with E-state index in [1.807, 2.05) is 18.2 Å². The number of ether oxygens (including phenoxy) is 2. The van der Waals surface area contributed by atoms with Crippen molar-refractivity contribution in [1.82, 2.24) is 10.1 Å². The van der Waals surface area contributed by atoms with Crippen molar-refractivity contribution in [2.24, 2.45) is 0 Å². The molecule has 0 spiro atoms. The Morgan fingerprint density at radius 1 is 1.00 bits per heavy atom. The number of rotatable bonds is 6. The van der Waals surface area contributed by atoms with Gasteiger partial charge in [0.1, 0.15) is 0 Å². The van der Waals surface area contributed by atoms with Crippen LogP contribution in [0.2, 0.25) is 0 Å². The molecule has 0 aliphatic heterocycles. The fourth-order valence-electron chi connectivity index (χ4n) is 2.41. The second-order valence-corrected chi connectivity index (χ2v) is 6.66. The van der Waals surface area contributed by atoms with Crippen molar-refractivity contribution >= 4 is 11.8 Å². The average Bonchev–Trinajstić information content (AvgIpc) is 3.11. The van der Waals surface area contributed by atoms with Crippen molar-refractivity contribution in [3.05, 3.63) is 53.4 Å². The first kappa shape index (κ1) is 17.4. The van der Waals surface area contributed by atoms with Crippen LogP contribution in [0.5, 0.6) is 11.5 Å². The van der Waals surface area contributed by atoms with Crippen LogP contribution in [-0.2, 0) is 5.75 Å². The molecule has 1 heterocycles. The molecule has 0 fully saturated rings. The Bertz CT molecular complexity index is 877. The molecule has 0 unspecified atom stereocenters. The van der Waals surface area contributed by atoms with E-state index in [9.17, 15) is 0 Å². The van der Waals surface area contributed by atoms with E-state index in [4.69, 9.17) is 14.0 Å². The van der Waals surface area contributed by atoms with Gasteiger partial charge in [0.2, 0.25) is 11.7 Å². The number of thioether (sulfide) groups is 1. The Balaban J connectivity index is 1.75. The summed E-state index contributed by atoms with van der Waals surface area (Å²) in [5, 5.41) is 4.07. The Morgan fingerprint density at radius 2 is 1.80 bits per heavy atom. The minimum atomic E-state index is 0.539. The molecule has 130 valence electrons. The molecule has 0 saturated heterocycles. The second-order valence-electron chi connectivity index (χ2n) is 5.64. The van der Waals surface area contributed by atoms with E-state index in [0.717, 1.165) is 5.56 Å². The van der Waals surface area contributed by atoms with E-state index in [1.54, 1.807) is 26.0 Å². The fourth-order valence-corrected chi connectivity index (χ4v) is 3.37. The highest BCUT2D eigenvalue weighted by Gasteiger charge is 2.12. The molecule has 0 radical (unpaired) electrons. The van der Waals surface area contributed by atoms with Gasteiger partial charge in [0.25, 0.3) is 0 Å². The van der Waals surface area contributed by atoms with Gasteiger partial charge >= 0.3 is 0 Å². The van der Waals surface area contributed by atoms with Crippen LogP contribution in [0, 0.1) is 13.8 Å². The van der Waals surface area contributed by atoms with Crippen LogP contribution in [0.1, 0.15) is 17.0 Å². The van der Waals surface area contributed by atoms with Gasteiger partial charge in [0.05, 0.1) is 20.0 Å². The number of hydrogen-bond acceptors (Lipinski definition) is 6. The maximum absolute atomic E-state index is 5.39. The summed E-state index contributed by atoms with van der Waals surface area (Å²) in [4.78, 5) is 5.71. The summed E-state index contributed by atoms with van der Waals surface area (Å²) in [6.45, 7) is 4.19. The van der Waals surface area contributed by atoms with Crippen LogP contribution in [-0.4, -0.2) is 24.4 Å². The molecule has 0 N–H and O–H groups in total. The molecule has 5 nitrogen and oxygen atoms in total. The van der Waals surface area contributed by atoms with E-state index in [2.05, 4.69) is 42.2 Å². The average molecular weight is 356 g/mol. The molecule has 0 saturated carbocycles. The van der Waals surface area contributed by atoms with Crippen LogP contribution in [0.3, 0.4) is 0 Å². The van der Waals surface area contributed by atoms with Gasteiger partial charge in [-0.1, -0.05) is 22.9 Å². The molecule has 0 aliphatic rings. The van der Waals surface area contributed by atoms with Gasteiger partial charge in [0.15, 0.2) is 11.5 Å². The molecular weight excluding hydrogens is 336 g/mol. The largest absolute Gasteiger partial charge is 0.493 e. The van der Waals surface area contributed by atoms with Crippen molar-refractivity contribution < 1.29 is 14.0 Å². The molecule has 0 bridgehead atoms. The highest BCUT2D eigenvalue weighted by atomic mass is 32.2. The molecule has 3 aromatic rings. The number of methoxy groups -OCH3 is 2. The predicted octanol–water partition coefficient (Wildman–Crippen LogP) is 4.66.